The van der Waals surface area contributed by atoms with Gasteiger partial charge in [0.2, 0.25) is 0 Å². The Hall–Kier alpha value is -2.53. The highest BCUT2D eigenvalue weighted by Gasteiger charge is 2.19. The lowest BCUT2D eigenvalue weighted by molar-refractivity contribution is -0.128. The van der Waals surface area contributed by atoms with Gasteiger partial charge in [0.1, 0.15) is 5.75 Å². The third-order valence-corrected chi connectivity index (χ3v) is 5.76. The van der Waals surface area contributed by atoms with Crippen LogP contribution in [0.15, 0.2) is 42.5 Å². The predicted octanol–water partition coefficient (Wildman–Crippen LogP) is 3.53. The molecule has 29 heavy (non-hydrogen) atoms. The zero-order chi connectivity index (χ0) is 20.8. The number of rotatable bonds is 7. The van der Waals surface area contributed by atoms with E-state index in [1.807, 2.05) is 26.0 Å². The third kappa shape index (κ3) is 5.51. The van der Waals surface area contributed by atoms with Gasteiger partial charge in [-0.2, -0.15) is 0 Å². The molecule has 1 amide bonds. The van der Waals surface area contributed by atoms with Crippen molar-refractivity contribution in [3.05, 3.63) is 59.2 Å². The van der Waals surface area contributed by atoms with Gasteiger partial charge in [-0.3, -0.25) is 4.79 Å². The highest BCUT2D eigenvalue weighted by atomic mass is 16.5. The van der Waals surface area contributed by atoms with Crippen LogP contribution in [-0.4, -0.2) is 50.1 Å². The van der Waals surface area contributed by atoms with Crippen molar-refractivity contribution in [3.63, 3.8) is 0 Å². The molecule has 0 spiro atoms. The summed E-state index contributed by atoms with van der Waals surface area (Å²) in [5, 5.41) is 3.02. The van der Waals surface area contributed by atoms with Crippen LogP contribution in [0.2, 0.25) is 0 Å². The maximum Gasteiger partial charge on any atom is 0.261 e. The lowest BCUT2D eigenvalue weighted by Gasteiger charge is -2.34. The molecule has 2 aromatic carbocycles. The number of nitrogens with zero attached hydrogens (tertiary/aromatic N) is 2. The average Bonchev–Trinajstić information content (AvgIpc) is 2.74. The zero-order valence-electron chi connectivity index (χ0n) is 18.1. The predicted molar refractivity (Wildman–Crippen MR) is 119 cm³/mol. The van der Waals surface area contributed by atoms with Crippen LogP contribution in [0.4, 0.5) is 5.69 Å². The Morgan fingerprint density at radius 2 is 1.76 bits per heavy atom. The number of aryl methyl sites for hydroxylation is 1. The van der Waals surface area contributed by atoms with Gasteiger partial charge in [0, 0.05) is 38.4 Å². The molecule has 5 nitrogen and oxygen atoms in total. The van der Waals surface area contributed by atoms with E-state index in [-0.39, 0.29) is 5.91 Å². The highest BCUT2D eigenvalue weighted by molar-refractivity contribution is 5.81. The standard InChI is InChI=1S/C24H33N3O2/c1-5-22(29-23-8-6-7-18(2)19(23)3)24(28)25-17-20-9-11-21(12-10-20)27-15-13-26(4)14-16-27/h6-12,22H,5,13-17H2,1-4H3,(H,25,28). The highest BCUT2D eigenvalue weighted by Crippen LogP contribution is 2.22. The van der Waals surface area contributed by atoms with Crippen molar-refractivity contribution in [2.24, 2.45) is 0 Å². The molecule has 2 aromatic rings. The molecular formula is C24H33N3O2. The fraction of sp³-hybridized carbons (Fsp3) is 0.458. The summed E-state index contributed by atoms with van der Waals surface area (Å²) in [6.45, 7) is 10.9. The summed E-state index contributed by atoms with van der Waals surface area (Å²) in [7, 11) is 2.16. The summed E-state index contributed by atoms with van der Waals surface area (Å²) in [5.41, 5.74) is 4.59. The first kappa shape index (κ1) is 21.2. The maximum absolute atomic E-state index is 12.6. The second-order valence-electron chi connectivity index (χ2n) is 7.89. The number of carbonyl (C=O) groups excluding carboxylic acids is 1. The number of amides is 1. The number of anilines is 1. The molecule has 1 aliphatic rings. The Morgan fingerprint density at radius 1 is 1.07 bits per heavy atom. The van der Waals surface area contributed by atoms with Crippen LogP contribution >= 0.6 is 0 Å². The van der Waals surface area contributed by atoms with Crippen LogP contribution in [-0.2, 0) is 11.3 Å². The monoisotopic (exact) mass is 395 g/mol. The van der Waals surface area contributed by atoms with Crippen molar-refractivity contribution in [1.82, 2.24) is 10.2 Å². The van der Waals surface area contributed by atoms with E-state index in [1.165, 1.54) is 11.3 Å². The lowest BCUT2D eigenvalue weighted by Crippen LogP contribution is -2.44. The summed E-state index contributed by atoms with van der Waals surface area (Å²) in [4.78, 5) is 17.4. The molecule has 1 unspecified atom stereocenters. The molecule has 3 rings (SSSR count). The number of benzene rings is 2. The Kier molecular flexibility index (Phi) is 7.15. The van der Waals surface area contributed by atoms with Crippen LogP contribution in [0.5, 0.6) is 5.75 Å². The molecule has 0 aromatic heterocycles. The fourth-order valence-corrected chi connectivity index (χ4v) is 3.52. The number of carbonyl (C=O) groups is 1. The van der Waals surface area contributed by atoms with Crippen molar-refractivity contribution in [2.75, 3.05) is 38.1 Å². The summed E-state index contributed by atoms with van der Waals surface area (Å²) in [5.74, 6) is 0.708. The Morgan fingerprint density at radius 3 is 2.41 bits per heavy atom. The van der Waals surface area contributed by atoms with E-state index in [0.29, 0.717) is 13.0 Å². The molecule has 0 radical (unpaired) electrons. The first-order chi connectivity index (χ1) is 14.0. The average molecular weight is 396 g/mol. The van der Waals surface area contributed by atoms with Crippen molar-refractivity contribution >= 4 is 11.6 Å². The van der Waals surface area contributed by atoms with Crippen molar-refractivity contribution in [3.8, 4) is 5.75 Å². The second-order valence-corrected chi connectivity index (χ2v) is 7.89. The van der Waals surface area contributed by atoms with Crippen LogP contribution in [0.3, 0.4) is 0 Å². The van der Waals surface area contributed by atoms with E-state index in [1.54, 1.807) is 0 Å². The van der Waals surface area contributed by atoms with Gasteiger partial charge >= 0.3 is 0 Å². The van der Waals surface area contributed by atoms with E-state index >= 15 is 0 Å². The van der Waals surface area contributed by atoms with Gasteiger partial charge in [-0.25, -0.2) is 0 Å². The molecule has 1 N–H and O–H groups in total. The minimum absolute atomic E-state index is 0.0726. The smallest absolute Gasteiger partial charge is 0.261 e. The Labute approximate surface area is 174 Å². The van der Waals surface area contributed by atoms with E-state index in [9.17, 15) is 4.79 Å². The number of hydrogen-bond acceptors (Lipinski definition) is 4. The first-order valence-electron chi connectivity index (χ1n) is 10.5. The quantitative estimate of drug-likeness (QED) is 0.779. The van der Waals surface area contributed by atoms with Gasteiger partial charge in [-0.15, -0.1) is 0 Å². The molecule has 1 heterocycles. The fourth-order valence-electron chi connectivity index (χ4n) is 3.52. The van der Waals surface area contributed by atoms with Crippen molar-refractivity contribution in [1.29, 1.82) is 0 Å². The second kappa shape index (κ2) is 9.79. The minimum Gasteiger partial charge on any atom is -0.480 e. The maximum atomic E-state index is 12.6. The van der Waals surface area contributed by atoms with Crippen LogP contribution in [0, 0.1) is 13.8 Å². The molecule has 1 fully saturated rings. The molecule has 0 bridgehead atoms. The third-order valence-electron chi connectivity index (χ3n) is 5.76. The van der Waals surface area contributed by atoms with Crippen LogP contribution in [0.1, 0.15) is 30.0 Å². The van der Waals surface area contributed by atoms with Gasteiger partial charge in [0.15, 0.2) is 6.10 Å². The number of nitrogens with one attached hydrogen (secondary N) is 1. The van der Waals surface area contributed by atoms with E-state index in [4.69, 9.17) is 4.74 Å². The van der Waals surface area contributed by atoms with Gasteiger partial charge in [0.05, 0.1) is 0 Å². The molecule has 0 saturated carbocycles. The number of ether oxygens (including phenoxy) is 1. The molecule has 0 aliphatic carbocycles. The van der Waals surface area contributed by atoms with E-state index in [2.05, 4.69) is 59.4 Å². The molecule has 1 aliphatic heterocycles. The number of hydrogen-bond donors (Lipinski definition) is 1. The zero-order valence-corrected chi connectivity index (χ0v) is 18.1. The van der Waals surface area contributed by atoms with Gasteiger partial charge in [-0.05, 0) is 62.2 Å². The van der Waals surface area contributed by atoms with Gasteiger partial charge < -0.3 is 19.9 Å². The normalized spacial score (nSPS) is 15.8. The van der Waals surface area contributed by atoms with Gasteiger partial charge in [0.25, 0.3) is 5.91 Å². The Balaban J connectivity index is 1.54. The molecule has 5 heteroatoms. The summed E-state index contributed by atoms with van der Waals surface area (Å²) >= 11 is 0. The molecule has 1 saturated heterocycles. The Bertz CT molecular complexity index is 811. The van der Waals surface area contributed by atoms with Crippen molar-refractivity contribution in [2.45, 2.75) is 39.8 Å². The van der Waals surface area contributed by atoms with Crippen molar-refractivity contribution < 1.29 is 9.53 Å². The summed E-state index contributed by atoms with van der Waals surface area (Å²) < 4.78 is 6.01. The SMILES string of the molecule is CCC(Oc1cccc(C)c1C)C(=O)NCc1ccc(N2CCN(C)CC2)cc1. The molecule has 156 valence electrons. The summed E-state index contributed by atoms with van der Waals surface area (Å²) in [6, 6.07) is 14.4. The van der Waals surface area contributed by atoms with Gasteiger partial charge in [-0.1, -0.05) is 31.2 Å². The topological polar surface area (TPSA) is 44.8 Å². The van der Waals surface area contributed by atoms with E-state index in [0.717, 1.165) is 43.1 Å². The number of piperazine rings is 1. The molecule has 1 atom stereocenters. The summed E-state index contributed by atoms with van der Waals surface area (Å²) in [6.07, 6.45) is 0.141. The first-order valence-corrected chi connectivity index (χ1v) is 10.5. The van der Waals surface area contributed by atoms with Crippen LogP contribution < -0.4 is 15.0 Å². The molecular weight excluding hydrogens is 362 g/mol. The van der Waals surface area contributed by atoms with Crippen LogP contribution in [0.25, 0.3) is 0 Å². The minimum atomic E-state index is -0.486. The largest absolute Gasteiger partial charge is 0.480 e. The van der Waals surface area contributed by atoms with E-state index < -0.39 is 6.10 Å². The number of likely N-dealkylation sites (N-methyl/N-ethyl adjacent to an activating group) is 1. The lowest BCUT2D eigenvalue weighted by atomic mass is 10.1.